The number of rotatable bonds is 3. The number of nitrogens with zero attached hydrogens (tertiary/aromatic N) is 1. The van der Waals surface area contributed by atoms with E-state index in [4.69, 9.17) is 15.6 Å². The first kappa shape index (κ1) is 10.8. The molecule has 1 aliphatic heterocycles. The summed E-state index contributed by atoms with van der Waals surface area (Å²) in [6, 6.07) is 5.20. The first-order valence-corrected chi connectivity index (χ1v) is 5.16. The van der Waals surface area contributed by atoms with Crippen LogP contribution in [0, 0.1) is 0 Å². The normalized spacial score (nSPS) is 14.6. The second-order valence-electron chi connectivity index (χ2n) is 3.64. The summed E-state index contributed by atoms with van der Waals surface area (Å²) in [4.78, 5) is 13.3. The molecule has 0 aliphatic carbocycles. The summed E-state index contributed by atoms with van der Waals surface area (Å²) in [6.45, 7) is 0.583. The van der Waals surface area contributed by atoms with Gasteiger partial charge in [0.1, 0.15) is 5.75 Å². The number of nitrogen functional groups attached to an aromatic ring is 1. The van der Waals surface area contributed by atoms with E-state index >= 15 is 0 Å². The van der Waals surface area contributed by atoms with Crippen molar-refractivity contribution in [2.75, 3.05) is 30.4 Å². The minimum absolute atomic E-state index is 0.0440. The lowest BCUT2D eigenvalue weighted by atomic mass is 10.2. The molecule has 1 heterocycles. The predicted molar refractivity (Wildman–Crippen MR) is 60.4 cm³/mol. The molecule has 0 saturated heterocycles. The van der Waals surface area contributed by atoms with Crippen LogP contribution in [0.3, 0.4) is 0 Å². The van der Waals surface area contributed by atoms with Crippen molar-refractivity contribution in [1.82, 2.24) is 0 Å². The maximum absolute atomic E-state index is 11.7. The van der Waals surface area contributed by atoms with E-state index in [1.165, 1.54) is 0 Å². The van der Waals surface area contributed by atoms with Crippen LogP contribution in [0.2, 0.25) is 0 Å². The van der Waals surface area contributed by atoms with E-state index < -0.39 is 0 Å². The Morgan fingerprint density at radius 2 is 2.31 bits per heavy atom. The zero-order valence-corrected chi connectivity index (χ0v) is 8.85. The van der Waals surface area contributed by atoms with Gasteiger partial charge in [-0.2, -0.15) is 0 Å². The third kappa shape index (κ3) is 1.94. The van der Waals surface area contributed by atoms with Gasteiger partial charge in [-0.1, -0.05) is 0 Å². The van der Waals surface area contributed by atoms with Crippen molar-refractivity contribution in [2.24, 2.45) is 0 Å². The van der Waals surface area contributed by atoms with Gasteiger partial charge >= 0.3 is 0 Å². The fourth-order valence-electron chi connectivity index (χ4n) is 1.69. The number of benzene rings is 1. The zero-order valence-electron chi connectivity index (χ0n) is 8.85. The van der Waals surface area contributed by atoms with Crippen LogP contribution in [0.15, 0.2) is 18.2 Å². The lowest BCUT2D eigenvalue weighted by molar-refractivity contribution is -0.121. The van der Waals surface area contributed by atoms with E-state index in [1.54, 1.807) is 23.1 Å². The summed E-state index contributed by atoms with van der Waals surface area (Å²) in [5.41, 5.74) is 6.95. The quantitative estimate of drug-likeness (QED) is 0.725. The van der Waals surface area contributed by atoms with Crippen LogP contribution in [-0.4, -0.2) is 30.8 Å². The van der Waals surface area contributed by atoms with Gasteiger partial charge in [-0.3, -0.25) is 4.79 Å². The highest BCUT2D eigenvalue weighted by Crippen LogP contribution is 2.33. The molecule has 86 valence electrons. The molecular weight excluding hydrogens is 208 g/mol. The predicted octanol–water partition coefficient (Wildman–Crippen LogP) is 0.377. The summed E-state index contributed by atoms with van der Waals surface area (Å²) in [5, 5.41) is 8.79. The number of anilines is 2. The van der Waals surface area contributed by atoms with Crippen LogP contribution in [0.5, 0.6) is 5.75 Å². The molecule has 2 rings (SSSR count). The second kappa shape index (κ2) is 4.40. The van der Waals surface area contributed by atoms with Gasteiger partial charge in [0, 0.05) is 18.8 Å². The van der Waals surface area contributed by atoms with Gasteiger partial charge in [0.25, 0.3) is 5.91 Å². The molecule has 0 fully saturated rings. The number of aliphatic hydroxyl groups is 1. The van der Waals surface area contributed by atoms with Gasteiger partial charge in [-0.25, -0.2) is 0 Å². The molecule has 0 unspecified atom stereocenters. The Labute approximate surface area is 93.4 Å². The largest absolute Gasteiger partial charge is 0.482 e. The fraction of sp³-hybridized carbons (Fsp3) is 0.364. The molecule has 0 aromatic heterocycles. The maximum atomic E-state index is 11.7. The van der Waals surface area contributed by atoms with Crippen LogP contribution in [0.1, 0.15) is 6.42 Å². The molecule has 5 heteroatoms. The van der Waals surface area contributed by atoms with Crippen molar-refractivity contribution < 1.29 is 14.6 Å². The first-order valence-electron chi connectivity index (χ1n) is 5.16. The lowest BCUT2D eigenvalue weighted by Crippen LogP contribution is -2.39. The number of hydrogen-bond acceptors (Lipinski definition) is 4. The minimum atomic E-state index is -0.105. The summed E-state index contributed by atoms with van der Waals surface area (Å²) < 4.78 is 5.29. The van der Waals surface area contributed by atoms with Gasteiger partial charge in [0.05, 0.1) is 5.69 Å². The highest BCUT2D eigenvalue weighted by Gasteiger charge is 2.24. The van der Waals surface area contributed by atoms with E-state index in [2.05, 4.69) is 0 Å². The second-order valence-corrected chi connectivity index (χ2v) is 3.64. The zero-order chi connectivity index (χ0) is 11.5. The van der Waals surface area contributed by atoms with E-state index in [9.17, 15) is 4.79 Å². The number of fused-ring (bicyclic) bond motifs is 1. The number of carbonyl (C=O) groups is 1. The lowest BCUT2D eigenvalue weighted by Gasteiger charge is -2.29. The number of amides is 1. The van der Waals surface area contributed by atoms with Gasteiger partial charge < -0.3 is 20.5 Å². The van der Waals surface area contributed by atoms with Crippen LogP contribution >= 0.6 is 0 Å². The molecule has 16 heavy (non-hydrogen) atoms. The van der Waals surface area contributed by atoms with Crippen LogP contribution in [0.25, 0.3) is 0 Å². The maximum Gasteiger partial charge on any atom is 0.265 e. The van der Waals surface area contributed by atoms with Crippen molar-refractivity contribution in [1.29, 1.82) is 0 Å². The molecule has 0 bridgehead atoms. The first-order chi connectivity index (χ1) is 7.72. The summed E-state index contributed by atoms with van der Waals surface area (Å²) >= 11 is 0. The number of ether oxygens (including phenoxy) is 1. The van der Waals surface area contributed by atoms with Crippen molar-refractivity contribution in [3.05, 3.63) is 18.2 Å². The van der Waals surface area contributed by atoms with Crippen molar-refractivity contribution in [2.45, 2.75) is 6.42 Å². The Morgan fingerprint density at radius 3 is 3.06 bits per heavy atom. The summed E-state index contributed by atoms with van der Waals surface area (Å²) in [5.74, 6) is 0.554. The van der Waals surface area contributed by atoms with E-state index in [1.807, 2.05) is 0 Å². The Hall–Kier alpha value is -1.75. The molecule has 0 spiro atoms. The Morgan fingerprint density at radius 1 is 1.50 bits per heavy atom. The third-order valence-corrected chi connectivity index (χ3v) is 2.47. The van der Waals surface area contributed by atoms with Gasteiger partial charge in [0.2, 0.25) is 0 Å². The molecule has 0 saturated carbocycles. The standard InChI is InChI=1S/C11H14N2O3/c12-8-2-3-10-9(6-8)13(4-1-5-14)11(15)7-16-10/h2-3,6,14H,1,4-5,7,12H2. The molecule has 0 radical (unpaired) electrons. The average Bonchev–Trinajstić information content (AvgIpc) is 2.28. The Kier molecular flexibility index (Phi) is 2.96. The van der Waals surface area contributed by atoms with E-state index in [0.717, 1.165) is 0 Å². The molecular formula is C11H14N2O3. The van der Waals surface area contributed by atoms with Gasteiger partial charge in [-0.15, -0.1) is 0 Å². The van der Waals surface area contributed by atoms with Crippen molar-refractivity contribution in [3.63, 3.8) is 0 Å². The number of hydrogen-bond donors (Lipinski definition) is 2. The van der Waals surface area contributed by atoms with Gasteiger partial charge in [0.15, 0.2) is 6.61 Å². The summed E-state index contributed by atoms with van der Waals surface area (Å²) in [7, 11) is 0. The highest BCUT2D eigenvalue weighted by atomic mass is 16.5. The molecule has 5 nitrogen and oxygen atoms in total. The number of nitrogens with two attached hydrogens (primary N) is 1. The van der Waals surface area contributed by atoms with Gasteiger partial charge in [-0.05, 0) is 24.6 Å². The molecule has 1 amide bonds. The van der Waals surface area contributed by atoms with E-state index in [-0.39, 0.29) is 19.1 Å². The topological polar surface area (TPSA) is 75.8 Å². The number of aliphatic hydroxyl groups excluding tert-OH is 1. The smallest absolute Gasteiger partial charge is 0.265 e. The SMILES string of the molecule is Nc1ccc2c(c1)N(CCCO)C(=O)CO2. The average molecular weight is 222 g/mol. The molecule has 3 N–H and O–H groups in total. The molecule has 0 atom stereocenters. The van der Waals surface area contributed by atoms with Crippen LogP contribution in [-0.2, 0) is 4.79 Å². The van der Waals surface area contributed by atoms with Crippen LogP contribution in [0.4, 0.5) is 11.4 Å². The molecule has 1 aromatic rings. The monoisotopic (exact) mass is 222 g/mol. The number of carbonyl (C=O) groups excluding carboxylic acids is 1. The summed E-state index contributed by atoms with van der Waals surface area (Å²) in [6.07, 6.45) is 0.542. The molecule has 1 aliphatic rings. The van der Waals surface area contributed by atoms with E-state index in [0.29, 0.717) is 30.1 Å². The fourth-order valence-corrected chi connectivity index (χ4v) is 1.69. The van der Waals surface area contributed by atoms with Crippen molar-refractivity contribution >= 4 is 17.3 Å². The molecule has 1 aromatic carbocycles. The Balaban J connectivity index is 2.31. The third-order valence-electron chi connectivity index (χ3n) is 2.47. The minimum Gasteiger partial charge on any atom is -0.482 e. The Bertz CT molecular complexity index is 406. The van der Waals surface area contributed by atoms with Crippen LogP contribution < -0.4 is 15.4 Å². The highest BCUT2D eigenvalue weighted by molar-refractivity contribution is 5.98. The van der Waals surface area contributed by atoms with Crippen molar-refractivity contribution in [3.8, 4) is 5.75 Å².